The predicted molar refractivity (Wildman–Crippen MR) is 103 cm³/mol. The fourth-order valence-electron chi connectivity index (χ4n) is 2.23. The molecule has 3 aromatic rings. The molecule has 1 aromatic heterocycles. The first-order valence-electron chi connectivity index (χ1n) is 7.55. The van der Waals surface area contributed by atoms with E-state index in [1.165, 1.54) is 6.20 Å². The van der Waals surface area contributed by atoms with E-state index in [9.17, 15) is 4.79 Å². The van der Waals surface area contributed by atoms with Gasteiger partial charge < -0.3 is 10.6 Å². The fourth-order valence-corrected chi connectivity index (χ4v) is 2.53. The average molecular weight is 383 g/mol. The monoisotopic (exact) mass is 382 g/mol. The molecule has 26 heavy (non-hydrogen) atoms. The number of anilines is 3. The molecule has 0 radical (unpaired) electrons. The number of nitrogens with zero attached hydrogens (tertiary/aromatic N) is 2. The lowest BCUT2D eigenvalue weighted by molar-refractivity contribution is 0.102. The summed E-state index contributed by atoms with van der Waals surface area (Å²) in [4.78, 5) is 16.5. The highest BCUT2D eigenvalue weighted by Gasteiger charge is 2.10. The third-order valence-electron chi connectivity index (χ3n) is 3.45. The summed E-state index contributed by atoms with van der Waals surface area (Å²) in [7, 11) is 0. The number of hydrogen-bond acceptors (Lipinski definition) is 4. The zero-order chi connectivity index (χ0) is 18.5. The van der Waals surface area contributed by atoms with Crippen LogP contribution >= 0.6 is 23.2 Å². The molecule has 1 heterocycles. The Labute approximate surface area is 160 Å². The highest BCUT2D eigenvalue weighted by Crippen LogP contribution is 2.25. The second-order valence-electron chi connectivity index (χ2n) is 5.33. The lowest BCUT2D eigenvalue weighted by atomic mass is 10.2. The number of aromatic nitrogens is 1. The predicted octanol–water partition coefficient (Wildman–Crippen LogP) is 5.26. The molecule has 0 unspecified atom stereocenters. The molecule has 2 aromatic carbocycles. The van der Waals surface area contributed by atoms with E-state index in [-0.39, 0.29) is 11.6 Å². The second kappa shape index (κ2) is 7.87. The molecule has 0 spiro atoms. The molecular weight excluding hydrogens is 371 g/mol. The first-order chi connectivity index (χ1) is 12.5. The highest BCUT2D eigenvalue weighted by molar-refractivity contribution is 6.42. The van der Waals surface area contributed by atoms with Gasteiger partial charge in [-0.2, -0.15) is 5.26 Å². The van der Waals surface area contributed by atoms with Crippen molar-refractivity contribution in [3.63, 3.8) is 0 Å². The van der Waals surface area contributed by atoms with Gasteiger partial charge in [-0.3, -0.25) is 9.78 Å². The quantitative estimate of drug-likeness (QED) is 0.645. The Kier molecular flexibility index (Phi) is 5.37. The Hall–Kier alpha value is -3.07. The molecule has 0 aliphatic heterocycles. The molecule has 2 N–H and O–H groups in total. The number of carbonyl (C=O) groups excluding carboxylic acids is 1. The number of carbonyl (C=O) groups is 1. The Bertz CT molecular complexity index is 1010. The summed E-state index contributed by atoms with van der Waals surface area (Å²) in [5, 5.41) is 15.6. The average Bonchev–Trinajstić information content (AvgIpc) is 2.65. The topological polar surface area (TPSA) is 77.8 Å². The summed E-state index contributed by atoms with van der Waals surface area (Å²) in [5.74, 6) is -0.377. The Morgan fingerprint density at radius 1 is 0.962 bits per heavy atom. The summed E-state index contributed by atoms with van der Waals surface area (Å²) < 4.78 is 0. The van der Waals surface area contributed by atoms with E-state index in [2.05, 4.69) is 21.7 Å². The van der Waals surface area contributed by atoms with Gasteiger partial charge in [-0.05, 0) is 48.5 Å². The van der Waals surface area contributed by atoms with Gasteiger partial charge in [-0.15, -0.1) is 0 Å². The summed E-state index contributed by atoms with van der Waals surface area (Å²) in [6.07, 6.45) is 1.53. The van der Waals surface area contributed by atoms with Crippen molar-refractivity contribution in [2.24, 2.45) is 0 Å². The molecule has 3 rings (SSSR count). The number of hydrogen-bond donors (Lipinski definition) is 2. The van der Waals surface area contributed by atoms with Gasteiger partial charge in [0.2, 0.25) is 0 Å². The van der Waals surface area contributed by atoms with Crippen LogP contribution in [0.4, 0.5) is 17.1 Å². The van der Waals surface area contributed by atoms with E-state index in [1.54, 1.807) is 48.5 Å². The zero-order valence-electron chi connectivity index (χ0n) is 13.3. The minimum absolute atomic E-state index is 0.234. The standard InChI is InChI=1S/C19H12Cl2N4O/c20-16-5-4-14(9-17(16)21)25-19(26)18-10-15(6-7-23-18)24-13-3-1-2-12(8-13)11-22/h1-10H,(H,23,24)(H,25,26). The van der Waals surface area contributed by atoms with E-state index >= 15 is 0 Å². The maximum Gasteiger partial charge on any atom is 0.274 e. The van der Waals surface area contributed by atoms with Crippen molar-refractivity contribution in [3.05, 3.63) is 82.1 Å². The second-order valence-corrected chi connectivity index (χ2v) is 6.14. The van der Waals surface area contributed by atoms with Gasteiger partial charge in [-0.25, -0.2) is 0 Å². The van der Waals surface area contributed by atoms with Crippen LogP contribution in [0.1, 0.15) is 16.1 Å². The molecule has 0 bridgehead atoms. The number of halogens is 2. The van der Waals surface area contributed by atoms with E-state index in [4.69, 9.17) is 28.5 Å². The maximum absolute atomic E-state index is 12.4. The third-order valence-corrected chi connectivity index (χ3v) is 4.19. The summed E-state index contributed by atoms with van der Waals surface area (Å²) in [5.41, 5.74) is 2.71. The van der Waals surface area contributed by atoms with Crippen molar-refractivity contribution in [3.8, 4) is 6.07 Å². The number of amides is 1. The third kappa shape index (κ3) is 4.31. The number of rotatable bonds is 4. The van der Waals surface area contributed by atoms with Gasteiger partial charge in [0.05, 0.1) is 21.7 Å². The van der Waals surface area contributed by atoms with Crippen LogP contribution in [-0.4, -0.2) is 10.9 Å². The van der Waals surface area contributed by atoms with E-state index in [1.807, 2.05) is 6.07 Å². The molecular formula is C19H12Cl2N4O. The minimum atomic E-state index is -0.377. The lowest BCUT2D eigenvalue weighted by Gasteiger charge is -2.09. The van der Waals surface area contributed by atoms with Crippen molar-refractivity contribution in [2.45, 2.75) is 0 Å². The molecule has 0 saturated heterocycles. The van der Waals surface area contributed by atoms with Gasteiger partial charge in [0, 0.05) is 23.3 Å². The summed E-state index contributed by atoms with van der Waals surface area (Å²) in [6.45, 7) is 0. The van der Waals surface area contributed by atoms with Crippen LogP contribution in [0.2, 0.25) is 10.0 Å². The van der Waals surface area contributed by atoms with Crippen molar-refractivity contribution < 1.29 is 4.79 Å². The lowest BCUT2D eigenvalue weighted by Crippen LogP contribution is -2.13. The summed E-state index contributed by atoms with van der Waals surface area (Å²) >= 11 is 11.8. The number of nitriles is 1. The van der Waals surface area contributed by atoms with Crippen molar-refractivity contribution in [1.29, 1.82) is 5.26 Å². The fraction of sp³-hybridized carbons (Fsp3) is 0. The molecule has 0 aliphatic rings. The molecule has 0 aliphatic carbocycles. The molecule has 7 heteroatoms. The Morgan fingerprint density at radius 3 is 2.54 bits per heavy atom. The van der Waals surface area contributed by atoms with Crippen molar-refractivity contribution >= 4 is 46.2 Å². The van der Waals surface area contributed by atoms with Crippen molar-refractivity contribution in [2.75, 3.05) is 10.6 Å². The molecule has 128 valence electrons. The normalized spacial score (nSPS) is 10.0. The van der Waals surface area contributed by atoms with Gasteiger partial charge >= 0.3 is 0 Å². The molecule has 1 amide bonds. The zero-order valence-corrected chi connectivity index (χ0v) is 14.8. The van der Waals surface area contributed by atoms with Crippen LogP contribution in [0.15, 0.2) is 60.8 Å². The molecule has 0 fully saturated rings. The number of nitrogens with one attached hydrogen (secondary N) is 2. The molecule has 0 atom stereocenters. The van der Waals surface area contributed by atoms with Crippen LogP contribution in [-0.2, 0) is 0 Å². The smallest absolute Gasteiger partial charge is 0.274 e. The van der Waals surface area contributed by atoms with Crippen LogP contribution in [0, 0.1) is 11.3 Å². The Balaban J connectivity index is 1.76. The maximum atomic E-state index is 12.4. The van der Waals surface area contributed by atoms with Crippen molar-refractivity contribution in [1.82, 2.24) is 4.98 Å². The van der Waals surface area contributed by atoms with Crippen LogP contribution < -0.4 is 10.6 Å². The molecule has 5 nitrogen and oxygen atoms in total. The van der Waals surface area contributed by atoms with Crippen LogP contribution in [0.3, 0.4) is 0 Å². The number of benzene rings is 2. The van der Waals surface area contributed by atoms with Crippen LogP contribution in [0.25, 0.3) is 0 Å². The van der Waals surface area contributed by atoms with Gasteiger partial charge in [0.25, 0.3) is 5.91 Å². The number of pyridine rings is 1. The summed E-state index contributed by atoms with van der Waals surface area (Å²) in [6, 6.07) is 17.3. The van der Waals surface area contributed by atoms with E-state index < -0.39 is 0 Å². The van der Waals surface area contributed by atoms with Crippen LogP contribution in [0.5, 0.6) is 0 Å². The first kappa shape index (κ1) is 17.7. The van der Waals surface area contributed by atoms with Gasteiger partial charge in [0.15, 0.2) is 0 Å². The SMILES string of the molecule is N#Cc1cccc(Nc2ccnc(C(=O)Nc3ccc(Cl)c(Cl)c3)c2)c1. The Morgan fingerprint density at radius 2 is 1.77 bits per heavy atom. The van der Waals surface area contributed by atoms with E-state index in [0.717, 1.165) is 5.69 Å². The van der Waals surface area contributed by atoms with Gasteiger partial charge in [0.1, 0.15) is 5.69 Å². The highest BCUT2D eigenvalue weighted by atomic mass is 35.5. The van der Waals surface area contributed by atoms with Gasteiger partial charge in [-0.1, -0.05) is 29.3 Å². The first-order valence-corrected chi connectivity index (χ1v) is 8.30. The van der Waals surface area contributed by atoms with E-state index in [0.29, 0.717) is 27.0 Å². The largest absolute Gasteiger partial charge is 0.355 e. The molecule has 0 saturated carbocycles. The minimum Gasteiger partial charge on any atom is -0.355 e.